The number of aliphatic hydroxyl groups is 1. The van der Waals surface area contributed by atoms with Crippen LogP contribution in [0.25, 0.3) is 50.4 Å². The van der Waals surface area contributed by atoms with Gasteiger partial charge in [-0.2, -0.15) is 0 Å². The predicted molar refractivity (Wildman–Crippen MR) is 179 cm³/mol. The maximum absolute atomic E-state index is 11.6. The first-order valence-electron chi connectivity index (χ1n) is 14.9. The van der Waals surface area contributed by atoms with Crippen molar-refractivity contribution in [3.63, 3.8) is 0 Å². The van der Waals surface area contributed by atoms with E-state index in [0.717, 1.165) is 78.0 Å². The van der Waals surface area contributed by atoms with Gasteiger partial charge in [-0.05, 0) is 98.2 Å². The van der Waals surface area contributed by atoms with Gasteiger partial charge in [0.25, 0.3) is 0 Å². The molecule has 9 nitrogen and oxygen atoms in total. The summed E-state index contributed by atoms with van der Waals surface area (Å²) in [5.41, 5.74) is 13.2. The van der Waals surface area contributed by atoms with E-state index in [9.17, 15) is 24.9 Å². The zero-order chi connectivity index (χ0) is 32.6. The Morgan fingerprint density at radius 1 is 0.800 bits per heavy atom. The van der Waals surface area contributed by atoms with Gasteiger partial charge in [-0.3, -0.25) is 9.59 Å². The quantitative estimate of drug-likeness (QED) is 0.195. The average molecular weight is 607 g/mol. The van der Waals surface area contributed by atoms with Crippen molar-refractivity contribution in [3.05, 3.63) is 88.5 Å². The summed E-state index contributed by atoms with van der Waals surface area (Å²) in [6.07, 6.45) is 4.08. The van der Waals surface area contributed by atoms with Crippen LogP contribution in [0.2, 0.25) is 0 Å². The Hall–Kier alpha value is -5.02. The van der Waals surface area contributed by atoms with Gasteiger partial charge in [-0.25, -0.2) is 9.97 Å². The van der Waals surface area contributed by atoms with E-state index in [0.29, 0.717) is 24.4 Å². The van der Waals surface area contributed by atoms with Crippen LogP contribution >= 0.6 is 0 Å². The third kappa shape index (κ3) is 5.79. The third-order valence-corrected chi connectivity index (χ3v) is 8.81. The Bertz CT molecular complexity index is 2000. The summed E-state index contributed by atoms with van der Waals surface area (Å²) in [7, 11) is 0. The molecule has 232 valence electrons. The molecule has 5 heterocycles. The number of carboxylic acids is 2. The zero-order valence-corrected chi connectivity index (χ0v) is 26.1. The number of hydrogen-bond donors (Lipinski definition) is 4. The molecule has 0 aliphatic carbocycles. The Labute approximate surface area is 261 Å². The van der Waals surface area contributed by atoms with Crippen molar-refractivity contribution in [3.8, 4) is 0 Å². The Balaban J connectivity index is 2.00. The van der Waals surface area contributed by atoms with Crippen molar-refractivity contribution in [2.24, 2.45) is 0 Å². The Morgan fingerprint density at radius 2 is 1.42 bits per heavy atom. The van der Waals surface area contributed by atoms with Crippen LogP contribution in [0.4, 0.5) is 0 Å². The summed E-state index contributed by atoms with van der Waals surface area (Å²) in [6.45, 7) is 16.3. The first kappa shape index (κ1) is 31.4. The molecule has 0 unspecified atom stereocenters. The zero-order valence-electron chi connectivity index (χ0n) is 26.1. The van der Waals surface area contributed by atoms with E-state index < -0.39 is 11.9 Å². The topological polar surface area (TPSA) is 141 Å². The lowest BCUT2D eigenvalue weighted by molar-refractivity contribution is -0.137. The summed E-state index contributed by atoms with van der Waals surface area (Å²) in [5, 5.41) is 29.1. The van der Waals surface area contributed by atoms with Gasteiger partial charge in [0, 0.05) is 47.1 Å². The van der Waals surface area contributed by atoms with E-state index in [-0.39, 0.29) is 25.9 Å². The molecule has 3 aromatic rings. The number of aromatic amines is 1. The van der Waals surface area contributed by atoms with E-state index >= 15 is 0 Å². The number of aliphatic hydroxyl groups excluding tert-OH is 1. The van der Waals surface area contributed by atoms with Crippen LogP contribution < -0.4 is 0 Å². The summed E-state index contributed by atoms with van der Waals surface area (Å²) in [5.74, 6) is -1.80. The second kappa shape index (κ2) is 12.5. The van der Waals surface area contributed by atoms with E-state index in [1.807, 2.05) is 62.6 Å². The average Bonchev–Trinajstić information content (AvgIpc) is 3.63. The van der Waals surface area contributed by atoms with Crippen LogP contribution in [0.3, 0.4) is 0 Å². The lowest BCUT2D eigenvalue weighted by Crippen LogP contribution is -2.02. The van der Waals surface area contributed by atoms with Crippen molar-refractivity contribution in [1.29, 1.82) is 0 Å². The molecular formula is C36H38N4O5. The number of nitrogens with zero attached hydrogens (tertiary/aromatic N) is 3. The standard InChI is InChI=1S/C36H38N4O5/c1-7-23-19(3)29-18-34-24(8-2)22(6)33(40(34)13-14-41)17-28-21(5)26(10-12-36(44)45)32(39-28)16-31-25(9-11-35(42)43)20(4)27(37-31)15-30(23)38-29/h7-8,15-18,37,41H,1-2,9-14H2,3-6H3,(H,42,43)(H,44,45). The molecule has 0 aromatic carbocycles. The Kier molecular flexibility index (Phi) is 8.75. The maximum Gasteiger partial charge on any atom is 0.303 e. The number of rotatable bonds is 10. The van der Waals surface area contributed by atoms with Gasteiger partial charge < -0.3 is 24.9 Å². The number of carboxylic acid groups (broad SMARTS) is 2. The predicted octanol–water partition coefficient (Wildman–Crippen LogP) is 6.97. The van der Waals surface area contributed by atoms with E-state index in [4.69, 9.17) is 9.97 Å². The molecule has 0 fully saturated rings. The number of aromatic nitrogens is 4. The maximum atomic E-state index is 11.6. The molecule has 4 N–H and O–H groups in total. The second-order valence-corrected chi connectivity index (χ2v) is 11.4. The third-order valence-electron chi connectivity index (χ3n) is 8.81. The molecular weight excluding hydrogens is 568 g/mol. The minimum atomic E-state index is -0.904. The number of fused-ring (bicyclic) bond motifs is 8. The first-order chi connectivity index (χ1) is 21.5. The molecule has 5 rings (SSSR count). The van der Waals surface area contributed by atoms with Gasteiger partial charge >= 0.3 is 11.9 Å². The van der Waals surface area contributed by atoms with Gasteiger partial charge in [-0.1, -0.05) is 25.3 Å². The van der Waals surface area contributed by atoms with Crippen molar-refractivity contribution < 1.29 is 24.9 Å². The molecule has 0 saturated heterocycles. The van der Waals surface area contributed by atoms with Gasteiger partial charge in [0.1, 0.15) is 0 Å². The molecule has 2 aliphatic rings. The highest BCUT2D eigenvalue weighted by atomic mass is 16.4. The largest absolute Gasteiger partial charge is 0.481 e. The fourth-order valence-electron chi connectivity index (χ4n) is 6.33. The molecule has 0 spiro atoms. The number of aryl methyl sites for hydroxylation is 3. The van der Waals surface area contributed by atoms with Gasteiger partial charge in [0.05, 0.1) is 34.9 Å². The van der Waals surface area contributed by atoms with Crippen molar-refractivity contribution >= 4 is 62.4 Å². The molecule has 0 saturated carbocycles. The monoisotopic (exact) mass is 606 g/mol. The minimum absolute atomic E-state index is 0.0447. The number of allylic oxidation sites excluding steroid dienone is 5. The van der Waals surface area contributed by atoms with E-state index in [1.165, 1.54) is 0 Å². The lowest BCUT2D eigenvalue weighted by atomic mass is 10.0. The van der Waals surface area contributed by atoms with Crippen LogP contribution in [-0.4, -0.2) is 53.4 Å². The molecule has 9 heteroatoms. The van der Waals surface area contributed by atoms with E-state index in [1.54, 1.807) is 6.08 Å². The van der Waals surface area contributed by atoms with Crippen LogP contribution in [0, 0.1) is 13.8 Å². The SMILES string of the molecule is C=CC1=C(C)c2cc3c(C=C)c(C)c(cc4nc(cc5[nH]c(cc1n2)c(C)c5CCC(=O)O)C(CCC(=O)O)=C4C)n3CCO. The minimum Gasteiger partial charge on any atom is -0.481 e. The highest BCUT2D eigenvalue weighted by Gasteiger charge is 2.22. The summed E-state index contributed by atoms with van der Waals surface area (Å²) < 4.78 is 2.04. The number of carbonyl (C=O) groups is 2. The summed E-state index contributed by atoms with van der Waals surface area (Å²) in [4.78, 5) is 36.7. The van der Waals surface area contributed by atoms with Gasteiger partial charge in [0.2, 0.25) is 0 Å². The second-order valence-electron chi connectivity index (χ2n) is 11.4. The van der Waals surface area contributed by atoms with Crippen molar-refractivity contribution in [2.75, 3.05) is 6.61 Å². The van der Waals surface area contributed by atoms with Crippen LogP contribution in [0.1, 0.15) is 78.1 Å². The summed E-state index contributed by atoms with van der Waals surface area (Å²) >= 11 is 0. The molecule has 3 aromatic heterocycles. The summed E-state index contributed by atoms with van der Waals surface area (Å²) in [6, 6.07) is 7.84. The number of H-pyrrole nitrogens is 1. The number of hydrogen-bond acceptors (Lipinski definition) is 5. The van der Waals surface area contributed by atoms with Gasteiger partial charge in [0.15, 0.2) is 0 Å². The molecule has 0 radical (unpaired) electrons. The number of aliphatic carboxylic acids is 2. The molecule has 8 bridgehead atoms. The highest BCUT2D eigenvalue weighted by molar-refractivity contribution is 5.98. The molecule has 0 atom stereocenters. The highest BCUT2D eigenvalue weighted by Crippen LogP contribution is 2.37. The lowest BCUT2D eigenvalue weighted by Gasteiger charge is -2.06. The molecule has 2 aliphatic heterocycles. The normalized spacial score (nSPS) is 13.0. The fourth-order valence-corrected chi connectivity index (χ4v) is 6.33. The van der Waals surface area contributed by atoms with Crippen LogP contribution in [0.15, 0.2) is 43.5 Å². The molecule has 0 amide bonds. The Morgan fingerprint density at radius 3 is 2.07 bits per heavy atom. The van der Waals surface area contributed by atoms with Gasteiger partial charge in [-0.15, -0.1) is 0 Å². The van der Waals surface area contributed by atoms with Crippen LogP contribution in [0.5, 0.6) is 0 Å². The van der Waals surface area contributed by atoms with Crippen molar-refractivity contribution in [1.82, 2.24) is 19.5 Å². The smallest absolute Gasteiger partial charge is 0.303 e. The van der Waals surface area contributed by atoms with Crippen molar-refractivity contribution in [2.45, 2.75) is 59.9 Å². The fraction of sp³-hybridized carbons (Fsp3) is 0.278. The van der Waals surface area contributed by atoms with Crippen LogP contribution in [-0.2, 0) is 22.6 Å². The van der Waals surface area contributed by atoms with E-state index in [2.05, 4.69) is 18.1 Å². The number of nitrogens with one attached hydrogen (secondary N) is 1. The first-order valence-corrected chi connectivity index (χ1v) is 14.9. The molecule has 45 heavy (non-hydrogen) atoms.